The Kier molecular flexibility index (Phi) is 13.9. The van der Waals surface area contributed by atoms with E-state index in [1.54, 1.807) is 0 Å². The van der Waals surface area contributed by atoms with Gasteiger partial charge < -0.3 is 15.3 Å². The first-order valence-corrected chi connectivity index (χ1v) is 22.0. The smallest absolute Gasteiger partial charge is 0.122 e. The summed E-state index contributed by atoms with van der Waals surface area (Å²) in [5.41, 5.74) is 17.3. The van der Waals surface area contributed by atoms with Gasteiger partial charge in [-0.1, -0.05) is 140 Å². The van der Waals surface area contributed by atoms with Crippen molar-refractivity contribution in [3.8, 4) is 17.2 Å². The third kappa shape index (κ3) is 9.29. The van der Waals surface area contributed by atoms with Gasteiger partial charge >= 0.3 is 0 Å². The number of phenolic OH excluding ortho intramolecular Hbond substituents is 3. The van der Waals surface area contributed by atoms with Gasteiger partial charge in [0.1, 0.15) is 17.2 Å². The zero-order chi connectivity index (χ0) is 43.1. The van der Waals surface area contributed by atoms with E-state index in [1.165, 1.54) is 50.1 Å². The largest absolute Gasteiger partial charge is 0.507 e. The summed E-state index contributed by atoms with van der Waals surface area (Å²) in [6, 6.07) is 13.5. The van der Waals surface area contributed by atoms with Crippen LogP contribution in [0.15, 0.2) is 36.4 Å². The lowest BCUT2D eigenvalue weighted by Crippen LogP contribution is -2.18. The van der Waals surface area contributed by atoms with Crippen molar-refractivity contribution in [1.82, 2.24) is 0 Å². The molecule has 0 saturated heterocycles. The van der Waals surface area contributed by atoms with Gasteiger partial charge in [-0.25, -0.2) is 0 Å². The topological polar surface area (TPSA) is 60.7 Å². The van der Waals surface area contributed by atoms with Gasteiger partial charge in [-0.3, -0.25) is 0 Å². The van der Waals surface area contributed by atoms with Gasteiger partial charge in [-0.05, 0) is 160 Å². The summed E-state index contributed by atoms with van der Waals surface area (Å²) in [5.74, 6) is 1.91. The lowest BCUT2D eigenvalue weighted by atomic mass is 9.76. The average Bonchev–Trinajstić information content (AvgIpc) is 3.14. The highest BCUT2D eigenvalue weighted by Crippen LogP contribution is 2.44. The van der Waals surface area contributed by atoms with E-state index >= 15 is 0 Å². The van der Waals surface area contributed by atoms with Gasteiger partial charge in [-0.2, -0.15) is 0 Å². The molecule has 0 fully saturated rings. The molecule has 0 unspecified atom stereocenters. The molecule has 3 nitrogen and oxygen atoms in total. The van der Waals surface area contributed by atoms with Gasteiger partial charge in [0, 0.05) is 16.7 Å². The highest BCUT2D eigenvalue weighted by molar-refractivity contribution is 5.59. The van der Waals surface area contributed by atoms with Crippen molar-refractivity contribution in [2.24, 2.45) is 0 Å². The molecule has 0 bridgehead atoms. The minimum absolute atomic E-state index is 0.161. The van der Waals surface area contributed by atoms with Crippen LogP contribution in [-0.2, 0) is 35.5 Å². The van der Waals surface area contributed by atoms with Gasteiger partial charge in [0.05, 0.1) is 0 Å². The fraction of sp³-hybridized carbons (Fsp3) is 0.556. The summed E-state index contributed by atoms with van der Waals surface area (Å²) in [4.78, 5) is 0. The second-order valence-corrected chi connectivity index (χ2v) is 20.3. The van der Waals surface area contributed by atoms with E-state index in [2.05, 4.69) is 161 Å². The first-order valence-electron chi connectivity index (χ1n) is 22.0. The molecule has 0 aliphatic heterocycles. The Morgan fingerprint density at radius 2 is 0.614 bits per heavy atom. The van der Waals surface area contributed by atoms with Crippen LogP contribution < -0.4 is 0 Å². The second-order valence-electron chi connectivity index (χ2n) is 20.3. The standard InChI is InChI=1S/C54H78O3/c1-19-52(13,14)46-28-37(22-40(31(4)5)49(46)55)25-43-34(10)44(26-38-23-41(32(6)7)50(56)47(29-38)53(15,16)20-2)36(12)45(35(43)11)27-39-24-42(33(8)9)51(57)48(30-39)54(17,18)21-3/h22-24,28-33,55-57H,19-21,25-27H2,1-18H3. The Labute approximate surface area is 348 Å². The summed E-state index contributed by atoms with van der Waals surface area (Å²) >= 11 is 0. The fourth-order valence-corrected chi connectivity index (χ4v) is 8.70. The molecule has 312 valence electrons. The molecule has 0 aliphatic carbocycles. The maximum atomic E-state index is 11.6. The minimum atomic E-state index is -0.161. The van der Waals surface area contributed by atoms with Crippen LogP contribution in [0.25, 0.3) is 0 Å². The van der Waals surface area contributed by atoms with Crippen LogP contribution in [0.1, 0.15) is 224 Å². The molecule has 0 spiro atoms. The van der Waals surface area contributed by atoms with E-state index in [9.17, 15) is 15.3 Å². The second kappa shape index (κ2) is 17.2. The zero-order valence-corrected chi connectivity index (χ0v) is 39.3. The van der Waals surface area contributed by atoms with Crippen LogP contribution in [0.2, 0.25) is 0 Å². The lowest BCUT2D eigenvalue weighted by molar-refractivity contribution is 0.420. The van der Waals surface area contributed by atoms with Crippen molar-refractivity contribution in [3.63, 3.8) is 0 Å². The first-order chi connectivity index (χ1) is 26.3. The minimum Gasteiger partial charge on any atom is -0.507 e. The monoisotopic (exact) mass is 775 g/mol. The van der Waals surface area contributed by atoms with E-state index in [1.807, 2.05) is 0 Å². The summed E-state index contributed by atoms with van der Waals surface area (Å²) in [5, 5.41) is 34.8. The number of hydrogen-bond donors (Lipinski definition) is 3. The Morgan fingerprint density at radius 3 is 0.789 bits per heavy atom. The van der Waals surface area contributed by atoms with Crippen molar-refractivity contribution in [2.75, 3.05) is 0 Å². The van der Waals surface area contributed by atoms with Crippen molar-refractivity contribution < 1.29 is 15.3 Å². The van der Waals surface area contributed by atoms with Gasteiger partial charge in [-0.15, -0.1) is 0 Å². The fourth-order valence-electron chi connectivity index (χ4n) is 8.70. The summed E-state index contributed by atoms with van der Waals surface area (Å²) in [7, 11) is 0. The number of aromatic hydroxyl groups is 3. The number of hydrogen-bond acceptors (Lipinski definition) is 3. The van der Waals surface area contributed by atoms with Crippen molar-refractivity contribution in [1.29, 1.82) is 0 Å². The van der Waals surface area contributed by atoms with Gasteiger partial charge in [0.2, 0.25) is 0 Å². The maximum absolute atomic E-state index is 11.6. The molecule has 0 saturated carbocycles. The Bertz CT molecular complexity index is 1830. The number of phenols is 3. The first kappa shape index (κ1) is 46.0. The molecule has 0 aromatic heterocycles. The number of rotatable bonds is 15. The van der Waals surface area contributed by atoms with Crippen LogP contribution >= 0.6 is 0 Å². The zero-order valence-electron chi connectivity index (χ0n) is 39.3. The molecule has 4 aromatic rings. The molecule has 0 aliphatic rings. The predicted molar refractivity (Wildman–Crippen MR) is 246 cm³/mol. The molecular formula is C54H78O3. The van der Waals surface area contributed by atoms with Crippen LogP contribution in [0.4, 0.5) is 0 Å². The quantitative estimate of drug-likeness (QED) is 0.113. The SMILES string of the molecule is CCC(C)(C)c1cc(Cc2c(C)c(Cc3cc(C(C)C)c(O)c(C(C)(C)CC)c3)c(C)c(Cc3cc(C(C)C)c(O)c(C(C)(C)CC)c3)c2C)cc(C(C)C)c1O. The Balaban J connectivity index is 2.07. The van der Waals surface area contributed by atoms with Gasteiger partial charge in [0.25, 0.3) is 0 Å². The summed E-state index contributed by atoms with van der Waals surface area (Å²) in [6.45, 7) is 40.0. The number of benzene rings is 4. The van der Waals surface area contributed by atoms with Crippen LogP contribution in [0, 0.1) is 20.8 Å². The Morgan fingerprint density at radius 1 is 0.404 bits per heavy atom. The normalized spacial score (nSPS) is 12.8. The highest BCUT2D eigenvalue weighted by Gasteiger charge is 2.29. The lowest BCUT2D eigenvalue weighted by Gasteiger charge is -2.29. The summed E-state index contributed by atoms with van der Waals surface area (Å²) < 4.78 is 0. The molecule has 0 amide bonds. The maximum Gasteiger partial charge on any atom is 0.122 e. The predicted octanol–water partition coefficient (Wildman–Crippen LogP) is 14.9. The van der Waals surface area contributed by atoms with E-state index in [0.717, 1.165) is 71.9 Å². The van der Waals surface area contributed by atoms with E-state index in [0.29, 0.717) is 17.2 Å². The third-order valence-electron chi connectivity index (χ3n) is 14.2. The molecule has 0 atom stereocenters. The molecule has 3 heteroatoms. The van der Waals surface area contributed by atoms with Gasteiger partial charge in [0.15, 0.2) is 0 Å². The molecule has 0 heterocycles. The third-order valence-corrected chi connectivity index (χ3v) is 14.2. The molecular weight excluding hydrogens is 697 g/mol. The van der Waals surface area contributed by atoms with Crippen molar-refractivity contribution >= 4 is 0 Å². The molecule has 4 rings (SSSR count). The average molecular weight is 775 g/mol. The van der Waals surface area contributed by atoms with E-state index in [-0.39, 0.29) is 34.0 Å². The molecule has 3 N–H and O–H groups in total. The molecule has 0 radical (unpaired) electrons. The van der Waals surface area contributed by atoms with E-state index < -0.39 is 0 Å². The van der Waals surface area contributed by atoms with Crippen LogP contribution in [0.5, 0.6) is 17.2 Å². The van der Waals surface area contributed by atoms with Crippen molar-refractivity contribution in [3.05, 3.63) is 120 Å². The van der Waals surface area contributed by atoms with Crippen molar-refractivity contribution in [2.45, 2.75) is 197 Å². The van der Waals surface area contributed by atoms with Crippen LogP contribution in [0.3, 0.4) is 0 Å². The summed E-state index contributed by atoms with van der Waals surface area (Å²) in [6.07, 6.45) is 5.11. The van der Waals surface area contributed by atoms with Crippen LogP contribution in [-0.4, -0.2) is 15.3 Å². The molecule has 57 heavy (non-hydrogen) atoms. The van der Waals surface area contributed by atoms with E-state index in [4.69, 9.17) is 0 Å². The highest BCUT2D eigenvalue weighted by atomic mass is 16.3. The molecule has 4 aromatic carbocycles. The Hall–Kier alpha value is -3.72.